The summed E-state index contributed by atoms with van der Waals surface area (Å²) in [5, 5.41) is 2.06. The van der Waals surface area contributed by atoms with Crippen LogP contribution in [-0.4, -0.2) is 7.05 Å². The molecule has 1 heterocycles. The van der Waals surface area contributed by atoms with Gasteiger partial charge in [0, 0.05) is 23.7 Å². The highest BCUT2D eigenvalue weighted by Crippen LogP contribution is 2.27. The molecule has 18 heavy (non-hydrogen) atoms. The molecule has 2 rings (SSSR count). The number of nitrogens with zero attached hydrogens (tertiary/aromatic N) is 1. The summed E-state index contributed by atoms with van der Waals surface area (Å²) in [6.45, 7) is 2.68. The lowest BCUT2D eigenvalue weighted by Crippen LogP contribution is -2.19. The minimum Gasteiger partial charge on any atom is -0.369 e. The predicted molar refractivity (Wildman–Crippen MR) is 75.4 cm³/mol. The van der Waals surface area contributed by atoms with Crippen molar-refractivity contribution in [2.75, 3.05) is 11.9 Å². The Morgan fingerprint density at radius 2 is 2.17 bits per heavy atom. The molecule has 0 amide bonds. The summed E-state index contributed by atoms with van der Waals surface area (Å²) >= 11 is 1.72. The van der Waals surface area contributed by atoms with E-state index in [1.165, 1.54) is 17.0 Å². The fourth-order valence-electron chi connectivity index (χ4n) is 1.96. The van der Waals surface area contributed by atoms with E-state index in [0.717, 1.165) is 17.8 Å². The fraction of sp³-hybridized carbons (Fsp3) is 0.286. The minimum absolute atomic E-state index is 0.179. The zero-order valence-corrected chi connectivity index (χ0v) is 11.4. The van der Waals surface area contributed by atoms with Crippen LogP contribution in [0, 0.1) is 5.82 Å². The van der Waals surface area contributed by atoms with Crippen LogP contribution in [-0.2, 0) is 6.54 Å². The van der Waals surface area contributed by atoms with Gasteiger partial charge in [0.25, 0.3) is 0 Å². The van der Waals surface area contributed by atoms with Gasteiger partial charge in [-0.25, -0.2) is 4.39 Å². The smallest absolute Gasteiger partial charge is 0.123 e. The normalized spacial score (nSPS) is 12.4. The summed E-state index contributed by atoms with van der Waals surface area (Å²) < 4.78 is 13.3. The number of anilines is 1. The van der Waals surface area contributed by atoms with Crippen LogP contribution >= 0.6 is 11.3 Å². The molecule has 1 aromatic heterocycles. The Morgan fingerprint density at radius 1 is 1.39 bits per heavy atom. The maximum Gasteiger partial charge on any atom is 0.123 e. The SMILES string of the molecule is C[C@H](N)c1cc(F)ccc1N(C)Cc1cccs1. The van der Waals surface area contributed by atoms with E-state index in [2.05, 4.69) is 16.3 Å². The van der Waals surface area contributed by atoms with E-state index in [9.17, 15) is 4.39 Å². The maximum atomic E-state index is 13.3. The van der Waals surface area contributed by atoms with Gasteiger partial charge in [0.15, 0.2) is 0 Å². The summed E-state index contributed by atoms with van der Waals surface area (Å²) in [6, 6.07) is 8.74. The van der Waals surface area contributed by atoms with Crippen LogP contribution < -0.4 is 10.6 Å². The molecule has 0 radical (unpaired) electrons. The highest BCUT2D eigenvalue weighted by Gasteiger charge is 2.12. The summed E-state index contributed by atoms with van der Waals surface area (Å²) in [6.07, 6.45) is 0. The Labute approximate surface area is 111 Å². The Bertz CT molecular complexity index is 509. The minimum atomic E-state index is -0.240. The van der Waals surface area contributed by atoms with Crippen LogP contribution in [0.2, 0.25) is 0 Å². The van der Waals surface area contributed by atoms with Crippen LogP contribution in [0.15, 0.2) is 35.7 Å². The highest BCUT2D eigenvalue weighted by atomic mass is 32.1. The van der Waals surface area contributed by atoms with Gasteiger partial charge in [0.1, 0.15) is 5.82 Å². The van der Waals surface area contributed by atoms with Crippen molar-refractivity contribution in [3.8, 4) is 0 Å². The largest absolute Gasteiger partial charge is 0.369 e. The molecule has 0 bridgehead atoms. The third kappa shape index (κ3) is 2.89. The summed E-state index contributed by atoms with van der Waals surface area (Å²) in [5.74, 6) is -0.240. The van der Waals surface area contributed by atoms with E-state index in [0.29, 0.717) is 0 Å². The van der Waals surface area contributed by atoms with Crippen molar-refractivity contribution in [3.63, 3.8) is 0 Å². The van der Waals surface area contributed by atoms with Crippen LogP contribution in [0.3, 0.4) is 0 Å². The molecule has 0 aliphatic heterocycles. The zero-order valence-electron chi connectivity index (χ0n) is 10.6. The van der Waals surface area contributed by atoms with E-state index in [1.807, 2.05) is 20.0 Å². The second-order valence-electron chi connectivity index (χ2n) is 4.43. The lowest BCUT2D eigenvalue weighted by molar-refractivity contribution is 0.622. The van der Waals surface area contributed by atoms with Crippen molar-refractivity contribution in [2.45, 2.75) is 19.5 Å². The van der Waals surface area contributed by atoms with Crippen molar-refractivity contribution < 1.29 is 4.39 Å². The van der Waals surface area contributed by atoms with Gasteiger partial charge in [-0.2, -0.15) is 0 Å². The predicted octanol–water partition coefficient (Wildman–Crippen LogP) is 3.54. The molecule has 2 aromatic rings. The van der Waals surface area contributed by atoms with Gasteiger partial charge in [-0.15, -0.1) is 11.3 Å². The van der Waals surface area contributed by atoms with Gasteiger partial charge >= 0.3 is 0 Å². The number of benzene rings is 1. The van der Waals surface area contributed by atoms with Gasteiger partial charge in [-0.1, -0.05) is 6.07 Å². The van der Waals surface area contributed by atoms with Crippen molar-refractivity contribution in [1.82, 2.24) is 0 Å². The van der Waals surface area contributed by atoms with Crippen molar-refractivity contribution in [1.29, 1.82) is 0 Å². The lowest BCUT2D eigenvalue weighted by atomic mass is 10.1. The number of rotatable bonds is 4. The Morgan fingerprint density at radius 3 is 2.78 bits per heavy atom. The average molecular weight is 264 g/mol. The maximum absolute atomic E-state index is 13.3. The number of hydrogen-bond donors (Lipinski definition) is 1. The molecule has 0 aliphatic carbocycles. The number of thiophene rings is 1. The number of halogens is 1. The van der Waals surface area contributed by atoms with Crippen LogP contribution in [0.1, 0.15) is 23.4 Å². The third-order valence-corrected chi connectivity index (χ3v) is 3.73. The second kappa shape index (κ2) is 5.50. The molecule has 0 unspecified atom stereocenters. The lowest BCUT2D eigenvalue weighted by Gasteiger charge is -2.23. The third-order valence-electron chi connectivity index (χ3n) is 2.86. The Balaban J connectivity index is 2.26. The molecule has 2 nitrogen and oxygen atoms in total. The summed E-state index contributed by atoms with van der Waals surface area (Å²) in [7, 11) is 2.00. The topological polar surface area (TPSA) is 29.3 Å². The molecule has 4 heteroatoms. The van der Waals surface area contributed by atoms with Gasteiger partial charge in [0.05, 0.1) is 6.54 Å². The molecule has 2 N–H and O–H groups in total. The monoisotopic (exact) mass is 264 g/mol. The van der Waals surface area contributed by atoms with Crippen molar-refractivity contribution in [3.05, 3.63) is 52.0 Å². The van der Waals surface area contributed by atoms with Gasteiger partial charge < -0.3 is 10.6 Å². The number of nitrogens with two attached hydrogens (primary N) is 1. The van der Waals surface area contributed by atoms with E-state index in [1.54, 1.807) is 17.4 Å². The summed E-state index contributed by atoms with van der Waals surface area (Å²) in [5.41, 5.74) is 7.73. The van der Waals surface area contributed by atoms with Crippen LogP contribution in [0.5, 0.6) is 0 Å². The van der Waals surface area contributed by atoms with E-state index >= 15 is 0 Å². The first-order valence-electron chi connectivity index (χ1n) is 5.86. The van der Waals surface area contributed by atoms with E-state index < -0.39 is 0 Å². The van der Waals surface area contributed by atoms with Crippen LogP contribution in [0.25, 0.3) is 0 Å². The first-order chi connectivity index (χ1) is 8.58. The molecule has 0 aliphatic rings. The van der Waals surface area contributed by atoms with Gasteiger partial charge in [0.2, 0.25) is 0 Å². The first-order valence-corrected chi connectivity index (χ1v) is 6.74. The van der Waals surface area contributed by atoms with Crippen molar-refractivity contribution in [2.24, 2.45) is 5.73 Å². The zero-order chi connectivity index (χ0) is 13.1. The molecule has 0 spiro atoms. The summed E-state index contributed by atoms with van der Waals surface area (Å²) in [4.78, 5) is 3.38. The molecule has 96 valence electrons. The Kier molecular flexibility index (Phi) is 3.99. The molecule has 0 fully saturated rings. The Hall–Kier alpha value is -1.39. The molecule has 1 atom stereocenters. The van der Waals surface area contributed by atoms with E-state index in [-0.39, 0.29) is 11.9 Å². The van der Waals surface area contributed by atoms with Crippen molar-refractivity contribution >= 4 is 17.0 Å². The molecule has 0 saturated carbocycles. The van der Waals surface area contributed by atoms with Gasteiger partial charge in [-0.3, -0.25) is 0 Å². The van der Waals surface area contributed by atoms with Gasteiger partial charge in [-0.05, 0) is 42.1 Å². The highest BCUT2D eigenvalue weighted by molar-refractivity contribution is 7.09. The average Bonchev–Trinajstić information content (AvgIpc) is 2.81. The van der Waals surface area contributed by atoms with E-state index in [4.69, 9.17) is 5.73 Å². The van der Waals surface area contributed by atoms with Crippen LogP contribution in [0.4, 0.5) is 10.1 Å². The molecular weight excluding hydrogens is 247 g/mol. The standard InChI is InChI=1S/C14H17FN2S/c1-10(16)13-8-11(15)5-6-14(13)17(2)9-12-4-3-7-18-12/h3-8,10H,9,16H2,1-2H3/t10-/m0/s1. The fourth-order valence-corrected chi connectivity index (χ4v) is 2.72. The quantitative estimate of drug-likeness (QED) is 0.915. The molecule has 1 aromatic carbocycles. The first kappa shape index (κ1) is 13.1. The molecular formula is C14H17FN2S. The molecule has 0 saturated heterocycles. The number of hydrogen-bond acceptors (Lipinski definition) is 3. The second-order valence-corrected chi connectivity index (χ2v) is 5.46.